The lowest BCUT2D eigenvalue weighted by Crippen LogP contribution is -2.22. The molecule has 0 fully saturated rings. The molecule has 2 atom stereocenters. The Morgan fingerprint density at radius 3 is 2.69 bits per heavy atom. The summed E-state index contributed by atoms with van der Waals surface area (Å²) in [6, 6.07) is 5.68. The molecular weight excluding hydrogens is 166 g/mol. The number of pyridine rings is 1. The highest BCUT2D eigenvalue weighted by Gasteiger charge is 2.10. The molecule has 1 aromatic heterocycles. The smallest absolute Gasteiger partial charge is 0.0800 e. The van der Waals surface area contributed by atoms with Gasteiger partial charge in [0.25, 0.3) is 0 Å². The van der Waals surface area contributed by atoms with E-state index in [1.54, 1.807) is 13.1 Å². The highest BCUT2D eigenvalue weighted by Crippen LogP contribution is 2.04. The average Bonchev–Trinajstić information content (AvgIpc) is 2.15. The highest BCUT2D eigenvalue weighted by atomic mass is 16.3. The Morgan fingerprint density at radius 2 is 2.15 bits per heavy atom. The maximum absolute atomic E-state index is 9.31. The van der Waals surface area contributed by atoms with Crippen molar-refractivity contribution in [3.05, 3.63) is 30.1 Å². The van der Waals surface area contributed by atoms with Gasteiger partial charge in [0.2, 0.25) is 0 Å². The summed E-state index contributed by atoms with van der Waals surface area (Å²) in [5.74, 6) is 0. The standard InChI is InChI=1S/C10H15NO2/c1-8(12)10(13)6-5-9-4-2-3-7-11-9/h2-4,7-8,10,12-13H,5-6H2,1H3. The van der Waals surface area contributed by atoms with Crippen LogP contribution >= 0.6 is 0 Å². The van der Waals surface area contributed by atoms with E-state index in [0.717, 1.165) is 5.69 Å². The minimum Gasteiger partial charge on any atom is -0.391 e. The second kappa shape index (κ2) is 4.94. The van der Waals surface area contributed by atoms with Gasteiger partial charge in [0.15, 0.2) is 0 Å². The predicted octanol–water partition coefficient (Wildman–Crippen LogP) is 0.756. The van der Waals surface area contributed by atoms with Crippen LogP contribution in [0.15, 0.2) is 24.4 Å². The van der Waals surface area contributed by atoms with Crippen LogP contribution < -0.4 is 0 Å². The van der Waals surface area contributed by atoms with Crippen molar-refractivity contribution in [3.63, 3.8) is 0 Å². The lowest BCUT2D eigenvalue weighted by Gasteiger charge is -2.12. The van der Waals surface area contributed by atoms with Gasteiger partial charge in [-0.05, 0) is 31.9 Å². The zero-order chi connectivity index (χ0) is 9.68. The molecule has 0 bridgehead atoms. The SMILES string of the molecule is CC(O)C(O)CCc1ccccn1. The van der Waals surface area contributed by atoms with E-state index in [-0.39, 0.29) is 0 Å². The second-order valence-electron chi connectivity index (χ2n) is 3.17. The van der Waals surface area contributed by atoms with Gasteiger partial charge in [-0.3, -0.25) is 4.98 Å². The van der Waals surface area contributed by atoms with Crippen molar-refractivity contribution in [1.82, 2.24) is 4.98 Å². The third-order valence-electron chi connectivity index (χ3n) is 1.98. The van der Waals surface area contributed by atoms with Crippen LogP contribution in [0.4, 0.5) is 0 Å². The Balaban J connectivity index is 2.35. The summed E-state index contributed by atoms with van der Waals surface area (Å²) in [7, 11) is 0. The molecule has 0 aliphatic carbocycles. The molecule has 0 amide bonds. The topological polar surface area (TPSA) is 53.4 Å². The molecule has 0 radical (unpaired) electrons. The molecule has 0 spiro atoms. The van der Waals surface area contributed by atoms with E-state index in [9.17, 15) is 5.11 Å². The van der Waals surface area contributed by atoms with E-state index in [4.69, 9.17) is 5.11 Å². The van der Waals surface area contributed by atoms with Crippen molar-refractivity contribution in [3.8, 4) is 0 Å². The van der Waals surface area contributed by atoms with E-state index in [1.807, 2.05) is 18.2 Å². The first-order valence-electron chi connectivity index (χ1n) is 4.46. The van der Waals surface area contributed by atoms with Crippen molar-refractivity contribution in [2.24, 2.45) is 0 Å². The van der Waals surface area contributed by atoms with E-state index in [0.29, 0.717) is 12.8 Å². The first-order valence-corrected chi connectivity index (χ1v) is 4.46. The molecule has 0 aromatic carbocycles. The van der Waals surface area contributed by atoms with Gasteiger partial charge < -0.3 is 10.2 Å². The molecule has 1 heterocycles. The molecule has 3 nitrogen and oxygen atoms in total. The lowest BCUT2D eigenvalue weighted by molar-refractivity contribution is 0.0264. The highest BCUT2D eigenvalue weighted by molar-refractivity contribution is 5.03. The predicted molar refractivity (Wildman–Crippen MR) is 50.2 cm³/mol. The van der Waals surface area contributed by atoms with Gasteiger partial charge in [-0.1, -0.05) is 6.07 Å². The van der Waals surface area contributed by atoms with Gasteiger partial charge in [0, 0.05) is 11.9 Å². The number of aliphatic hydroxyl groups excluding tert-OH is 2. The van der Waals surface area contributed by atoms with E-state index < -0.39 is 12.2 Å². The molecule has 13 heavy (non-hydrogen) atoms. The van der Waals surface area contributed by atoms with Crippen LogP contribution in [0.1, 0.15) is 19.0 Å². The number of aryl methyl sites for hydroxylation is 1. The van der Waals surface area contributed by atoms with Gasteiger partial charge in [-0.15, -0.1) is 0 Å². The van der Waals surface area contributed by atoms with E-state index in [1.165, 1.54) is 0 Å². The van der Waals surface area contributed by atoms with Crippen molar-refractivity contribution in [2.45, 2.75) is 32.0 Å². The summed E-state index contributed by atoms with van der Waals surface area (Å²) in [4.78, 5) is 4.12. The van der Waals surface area contributed by atoms with Crippen molar-refractivity contribution in [1.29, 1.82) is 0 Å². The van der Waals surface area contributed by atoms with Crippen LogP contribution in [0.5, 0.6) is 0 Å². The molecule has 3 heteroatoms. The van der Waals surface area contributed by atoms with E-state index in [2.05, 4.69) is 4.98 Å². The summed E-state index contributed by atoms with van der Waals surface area (Å²) in [5, 5.41) is 18.3. The summed E-state index contributed by atoms with van der Waals surface area (Å²) in [5.41, 5.74) is 0.946. The maximum atomic E-state index is 9.31. The maximum Gasteiger partial charge on any atom is 0.0800 e. The summed E-state index contributed by atoms with van der Waals surface area (Å²) in [6.45, 7) is 1.59. The molecule has 0 saturated heterocycles. The average molecular weight is 181 g/mol. The number of aliphatic hydroxyl groups is 2. The minimum atomic E-state index is -0.663. The van der Waals surface area contributed by atoms with Crippen molar-refractivity contribution >= 4 is 0 Å². The number of aromatic nitrogens is 1. The van der Waals surface area contributed by atoms with E-state index >= 15 is 0 Å². The fraction of sp³-hybridized carbons (Fsp3) is 0.500. The zero-order valence-electron chi connectivity index (χ0n) is 7.72. The third kappa shape index (κ3) is 3.53. The molecular formula is C10H15NO2. The summed E-state index contributed by atoms with van der Waals surface area (Å²) >= 11 is 0. The molecule has 1 rings (SSSR count). The van der Waals surface area contributed by atoms with Gasteiger partial charge in [-0.2, -0.15) is 0 Å². The van der Waals surface area contributed by atoms with Crippen LogP contribution in [0.25, 0.3) is 0 Å². The second-order valence-corrected chi connectivity index (χ2v) is 3.17. The Morgan fingerprint density at radius 1 is 1.38 bits per heavy atom. The van der Waals surface area contributed by atoms with Gasteiger partial charge in [-0.25, -0.2) is 0 Å². The Hall–Kier alpha value is -0.930. The Labute approximate surface area is 78.1 Å². The Kier molecular flexibility index (Phi) is 3.86. The minimum absolute atomic E-state index is 0.550. The molecule has 0 aliphatic rings. The van der Waals surface area contributed by atoms with Crippen LogP contribution in [0, 0.1) is 0 Å². The third-order valence-corrected chi connectivity index (χ3v) is 1.98. The van der Waals surface area contributed by atoms with Gasteiger partial charge in [0.1, 0.15) is 0 Å². The van der Waals surface area contributed by atoms with Gasteiger partial charge in [0.05, 0.1) is 12.2 Å². The number of nitrogens with zero attached hydrogens (tertiary/aromatic N) is 1. The Bertz CT molecular complexity index is 236. The van der Waals surface area contributed by atoms with Crippen molar-refractivity contribution in [2.75, 3.05) is 0 Å². The van der Waals surface area contributed by atoms with Crippen LogP contribution in [-0.2, 0) is 6.42 Å². The normalized spacial score (nSPS) is 15.3. The molecule has 1 aromatic rings. The largest absolute Gasteiger partial charge is 0.391 e. The first-order chi connectivity index (χ1) is 6.20. The first kappa shape index (κ1) is 10.2. The summed E-state index contributed by atoms with van der Waals surface area (Å²) < 4.78 is 0. The molecule has 2 unspecified atom stereocenters. The molecule has 72 valence electrons. The lowest BCUT2D eigenvalue weighted by atomic mass is 10.1. The summed E-state index contributed by atoms with van der Waals surface area (Å²) in [6.07, 6.45) is 1.66. The number of hydrogen-bond acceptors (Lipinski definition) is 3. The number of rotatable bonds is 4. The molecule has 0 saturated carbocycles. The van der Waals surface area contributed by atoms with Crippen LogP contribution in [-0.4, -0.2) is 27.4 Å². The molecule has 0 aliphatic heterocycles. The van der Waals surface area contributed by atoms with Crippen LogP contribution in [0.2, 0.25) is 0 Å². The molecule has 2 N–H and O–H groups in total. The van der Waals surface area contributed by atoms with Crippen LogP contribution in [0.3, 0.4) is 0 Å². The van der Waals surface area contributed by atoms with Gasteiger partial charge >= 0.3 is 0 Å². The fourth-order valence-corrected chi connectivity index (χ4v) is 1.08. The van der Waals surface area contributed by atoms with Crippen molar-refractivity contribution < 1.29 is 10.2 Å². The zero-order valence-corrected chi connectivity index (χ0v) is 7.72. The monoisotopic (exact) mass is 181 g/mol. The number of hydrogen-bond donors (Lipinski definition) is 2. The quantitative estimate of drug-likeness (QED) is 0.721. The fourth-order valence-electron chi connectivity index (χ4n) is 1.08.